The van der Waals surface area contributed by atoms with Crippen molar-refractivity contribution in [2.24, 2.45) is 0 Å². The quantitative estimate of drug-likeness (QED) is 0.778. The van der Waals surface area contributed by atoms with Crippen LogP contribution in [0.1, 0.15) is 12.0 Å². The average molecular weight is 384 g/mol. The number of ether oxygens (including phenoxy) is 2. The highest BCUT2D eigenvalue weighted by Gasteiger charge is 2.31. The van der Waals surface area contributed by atoms with Crippen LogP contribution in [-0.4, -0.2) is 38.6 Å². The minimum Gasteiger partial charge on any atom is -0.493 e. The van der Waals surface area contributed by atoms with Crippen LogP contribution < -0.4 is 19.7 Å². The molecule has 1 N–H and O–H groups in total. The summed E-state index contributed by atoms with van der Waals surface area (Å²) in [6.45, 7) is 0.348. The summed E-state index contributed by atoms with van der Waals surface area (Å²) < 4.78 is 23.5. The molecule has 1 aliphatic rings. The van der Waals surface area contributed by atoms with Crippen LogP contribution in [-0.2, 0) is 9.59 Å². The summed E-state index contributed by atoms with van der Waals surface area (Å²) in [5.41, 5.74) is 1.40. The van der Waals surface area contributed by atoms with Gasteiger partial charge in [0, 0.05) is 24.7 Å². The maximum absolute atomic E-state index is 13.1. The van der Waals surface area contributed by atoms with Crippen molar-refractivity contribution in [3.05, 3.63) is 59.9 Å². The molecule has 6 nitrogen and oxygen atoms in total. The number of methoxy groups -OCH3 is 2. The number of nitrogens with one attached hydrogen (secondary N) is 1. The van der Waals surface area contributed by atoms with E-state index in [-0.39, 0.29) is 30.1 Å². The minimum absolute atomic E-state index is 0.110. The number of benzene rings is 2. The normalized spacial score (nSPS) is 16.5. The summed E-state index contributed by atoms with van der Waals surface area (Å²) in [5.74, 6) is 0.408. The predicted molar refractivity (Wildman–Crippen MR) is 104 cm³/mol. The van der Waals surface area contributed by atoms with Crippen LogP contribution in [0.5, 0.6) is 11.5 Å². The third-order valence-electron chi connectivity index (χ3n) is 4.44. The molecule has 146 valence electrons. The Bertz CT molecular complexity index is 896. The minimum atomic E-state index is -0.361. The first-order valence-corrected chi connectivity index (χ1v) is 8.76. The SMILES string of the molecule is COc1ccc(/C=C\C(=O)NC2CC(=O)N(c3ccc(F)cc3)C2)cc1OC. The Balaban J connectivity index is 1.60. The third kappa shape index (κ3) is 4.49. The van der Waals surface area contributed by atoms with Gasteiger partial charge in [-0.2, -0.15) is 0 Å². The number of amides is 2. The van der Waals surface area contributed by atoms with E-state index in [0.29, 0.717) is 23.7 Å². The van der Waals surface area contributed by atoms with E-state index in [4.69, 9.17) is 9.47 Å². The lowest BCUT2D eigenvalue weighted by molar-refractivity contribution is -0.117. The molecule has 0 spiro atoms. The number of rotatable bonds is 6. The summed E-state index contributed by atoms with van der Waals surface area (Å²) in [7, 11) is 3.10. The van der Waals surface area contributed by atoms with Crippen LogP contribution in [0.25, 0.3) is 6.08 Å². The second-order valence-electron chi connectivity index (χ2n) is 6.34. The summed E-state index contributed by atoms with van der Waals surface area (Å²) in [5, 5.41) is 2.82. The Kier molecular flexibility index (Phi) is 5.93. The number of anilines is 1. The van der Waals surface area contributed by atoms with Crippen LogP contribution in [0, 0.1) is 5.82 Å². The van der Waals surface area contributed by atoms with Gasteiger partial charge >= 0.3 is 0 Å². The zero-order valence-electron chi connectivity index (χ0n) is 15.6. The van der Waals surface area contributed by atoms with Crippen molar-refractivity contribution >= 4 is 23.6 Å². The number of nitrogens with zero attached hydrogens (tertiary/aromatic N) is 1. The lowest BCUT2D eigenvalue weighted by atomic mass is 10.2. The molecule has 1 unspecified atom stereocenters. The van der Waals surface area contributed by atoms with Crippen molar-refractivity contribution < 1.29 is 23.5 Å². The topological polar surface area (TPSA) is 67.9 Å². The van der Waals surface area contributed by atoms with Gasteiger partial charge in [-0.15, -0.1) is 0 Å². The lowest BCUT2D eigenvalue weighted by Gasteiger charge is -2.16. The van der Waals surface area contributed by atoms with E-state index in [1.807, 2.05) is 0 Å². The zero-order chi connectivity index (χ0) is 20.1. The fraction of sp³-hybridized carbons (Fsp3) is 0.238. The van der Waals surface area contributed by atoms with Gasteiger partial charge in [-0.25, -0.2) is 4.39 Å². The first-order valence-electron chi connectivity index (χ1n) is 8.76. The molecule has 3 rings (SSSR count). The monoisotopic (exact) mass is 384 g/mol. The van der Waals surface area contributed by atoms with Crippen molar-refractivity contribution in [3.63, 3.8) is 0 Å². The van der Waals surface area contributed by atoms with E-state index in [0.717, 1.165) is 5.56 Å². The van der Waals surface area contributed by atoms with Gasteiger partial charge in [-0.1, -0.05) is 6.07 Å². The number of carbonyl (C=O) groups excluding carboxylic acids is 2. The van der Waals surface area contributed by atoms with Crippen LogP contribution in [0.15, 0.2) is 48.5 Å². The fourth-order valence-corrected chi connectivity index (χ4v) is 3.05. The molecule has 28 heavy (non-hydrogen) atoms. The van der Waals surface area contributed by atoms with Gasteiger partial charge in [0.05, 0.1) is 20.3 Å². The van der Waals surface area contributed by atoms with E-state index in [1.165, 1.54) is 18.2 Å². The standard InChI is InChI=1S/C21H21FN2O4/c1-27-18-9-3-14(11-19(18)28-2)4-10-20(25)23-16-12-21(26)24(13-16)17-7-5-15(22)6-8-17/h3-11,16H,12-13H2,1-2H3,(H,23,25)/b10-4-. The number of halogens is 1. The fourth-order valence-electron chi connectivity index (χ4n) is 3.05. The van der Waals surface area contributed by atoms with E-state index >= 15 is 0 Å². The largest absolute Gasteiger partial charge is 0.493 e. The van der Waals surface area contributed by atoms with Gasteiger partial charge in [0.1, 0.15) is 5.82 Å². The zero-order valence-corrected chi connectivity index (χ0v) is 15.6. The second-order valence-corrected chi connectivity index (χ2v) is 6.34. The summed E-state index contributed by atoms with van der Waals surface area (Å²) >= 11 is 0. The molecule has 1 atom stereocenters. The highest BCUT2D eigenvalue weighted by Crippen LogP contribution is 2.28. The molecule has 0 aromatic heterocycles. The maximum Gasteiger partial charge on any atom is 0.244 e. The van der Waals surface area contributed by atoms with Crippen LogP contribution in [0.4, 0.5) is 10.1 Å². The number of carbonyl (C=O) groups is 2. The second kappa shape index (κ2) is 8.56. The van der Waals surface area contributed by atoms with Crippen LogP contribution in [0.3, 0.4) is 0 Å². The first-order chi connectivity index (χ1) is 13.5. The van der Waals surface area contributed by atoms with Gasteiger partial charge in [-0.05, 0) is 48.0 Å². The Hall–Kier alpha value is -3.35. The van der Waals surface area contributed by atoms with Crippen molar-refractivity contribution in [2.45, 2.75) is 12.5 Å². The third-order valence-corrected chi connectivity index (χ3v) is 4.44. The molecule has 1 fully saturated rings. The molecule has 1 heterocycles. The van der Waals surface area contributed by atoms with Gasteiger partial charge in [0.25, 0.3) is 0 Å². The summed E-state index contributed by atoms with van der Waals surface area (Å²) in [4.78, 5) is 26.0. The molecule has 2 amide bonds. The Morgan fingerprint density at radius 1 is 1.14 bits per heavy atom. The molecular formula is C21H21FN2O4. The Morgan fingerprint density at radius 3 is 2.54 bits per heavy atom. The van der Waals surface area contributed by atoms with Gasteiger partial charge < -0.3 is 19.7 Å². The number of hydrogen-bond donors (Lipinski definition) is 1. The van der Waals surface area contributed by atoms with Crippen molar-refractivity contribution in [1.29, 1.82) is 0 Å². The van der Waals surface area contributed by atoms with Crippen molar-refractivity contribution in [2.75, 3.05) is 25.7 Å². The molecule has 0 aliphatic carbocycles. The van der Waals surface area contributed by atoms with Gasteiger partial charge in [0.2, 0.25) is 11.8 Å². The smallest absolute Gasteiger partial charge is 0.244 e. The van der Waals surface area contributed by atoms with Crippen LogP contribution in [0.2, 0.25) is 0 Å². The highest BCUT2D eigenvalue weighted by atomic mass is 19.1. The van der Waals surface area contributed by atoms with E-state index in [2.05, 4.69) is 5.32 Å². The van der Waals surface area contributed by atoms with Gasteiger partial charge in [-0.3, -0.25) is 9.59 Å². The van der Waals surface area contributed by atoms with Crippen molar-refractivity contribution in [1.82, 2.24) is 5.32 Å². The summed E-state index contributed by atoms with van der Waals surface area (Å²) in [6.07, 6.45) is 3.27. The highest BCUT2D eigenvalue weighted by molar-refractivity contribution is 5.98. The van der Waals surface area contributed by atoms with E-state index < -0.39 is 0 Å². The number of hydrogen-bond acceptors (Lipinski definition) is 4. The molecule has 0 bridgehead atoms. The molecule has 2 aromatic rings. The summed E-state index contributed by atoms with van der Waals surface area (Å²) in [6, 6.07) is 10.7. The van der Waals surface area contributed by atoms with E-state index in [1.54, 1.807) is 55.5 Å². The molecule has 1 aliphatic heterocycles. The molecule has 0 saturated carbocycles. The van der Waals surface area contributed by atoms with E-state index in [9.17, 15) is 14.0 Å². The van der Waals surface area contributed by atoms with Crippen molar-refractivity contribution in [3.8, 4) is 11.5 Å². The van der Waals surface area contributed by atoms with Gasteiger partial charge in [0.15, 0.2) is 11.5 Å². The lowest BCUT2D eigenvalue weighted by Crippen LogP contribution is -2.36. The molecule has 7 heteroatoms. The van der Waals surface area contributed by atoms with Crippen LogP contribution >= 0.6 is 0 Å². The predicted octanol–water partition coefficient (Wildman–Crippen LogP) is 2.78. The first kappa shape index (κ1) is 19.4. The Morgan fingerprint density at radius 2 is 1.86 bits per heavy atom. The molecule has 2 aromatic carbocycles. The molecular weight excluding hydrogens is 363 g/mol. The maximum atomic E-state index is 13.1. The molecule has 1 saturated heterocycles. The molecule has 0 radical (unpaired) electrons. The Labute approximate surface area is 162 Å². The average Bonchev–Trinajstić information content (AvgIpc) is 3.06.